The van der Waals surface area contributed by atoms with Gasteiger partial charge in [0.15, 0.2) is 6.29 Å². The maximum absolute atomic E-state index is 13.2. The molecule has 4 rings (SSSR count). The van der Waals surface area contributed by atoms with E-state index in [9.17, 15) is 30.0 Å². The smallest absolute Gasteiger partial charge is 0.256 e. The average molecular weight is 378 g/mol. The second kappa shape index (κ2) is 6.84. The van der Waals surface area contributed by atoms with Gasteiger partial charge in [-0.15, -0.1) is 0 Å². The summed E-state index contributed by atoms with van der Waals surface area (Å²) in [5, 5.41) is 39.6. The first-order valence-electron chi connectivity index (χ1n) is 8.99. The van der Waals surface area contributed by atoms with E-state index < -0.39 is 36.7 Å². The highest BCUT2D eigenvalue weighted by Gasteiger charge is 2.47. The summed E-state index contributed by atoms with van der Waals surface area (Å²) in [6.45, 7) is 0.332. The lowest BCUT2D eigenvalue weighted by Gasteiger charge is -2.40. The van der Waals surface area contributed by atoms with Crippen LogP contribution in [0.5, 0.6) is 0 Å². The second-order valence-corrected chi connectivity index (χ2v) is 7.16. The molecule has 146 valence electrons. The number of anilines is 1. The number of ether oxygens (including phenoxy) is 1. The zero-order valence-electron chi connectivity index (χ0n) is 14.5. The maximum Gasteiger partial charge on any atom is 0.256 e. The normalized spacial score (nSPS) is 36.4. The fourth-order valence-corrected chi connectivity index (χ4v) is 4.06. The van der Waals surface area contributed by atoms with Crippen LogP contribution in [0.4, 0.5) is 5.69 Å². The van der Waals surface area contributed by atoms with Gasteiger partial charge in [-0.3, -0.25) is 9.59 Å². The highest BCUT2D eigenvalue weighted by atomic mass is 16.6. The molecule has 6 atom stereocenters. The molecule has 0 bridgehead atoms. The molecule has 1 unspecified atom stereocenters. The van der Waals surface area contributed by atoms with Crippen LogP contribution in [0.2, 0.25) is 0 Å². The van der Waals surface area contributed by atoms with Crippen molar-refractivity contribution in [2.45, 2.75) is 49.6 Å². The van der Waals surface area contributed by atoms with E-state index in [1.54, 1.807) is 29.2 Å². The van der Waals surface area contributed by atoms with Crippen molar-refractivity contribution in [1.82, 2.24) is 4.90 Å². The molecule has 4 N–H and O–H groups in total. The highest BCUT2D eigenvalue weighted by Crippen LogP contribution is 2.33. The second-order valence-electron chi connectivity index (χ2n) is 7.16. The molecule has 0 saturated carbocycles. The predicted molar refractivity (Wildman–Crippen MR) is 91.8 cm³/mol. The van der Waals surface area contributed by atoms with E-state index in [-0.39, 0.29) is 18.4 Å². The molecule has 0 radical (unpaired) electrons. The largest absolute Gasteiger partial charge is 0.388 e. The number of para-hydroxylation sites is 1. The molecule has 0 aromatic heterocycles. The Bertz CT molecular complexity index is 757. The van der Waals surface area contributed by atoms with E-state index in [2.05, 4.69) is 0 Å². The Hall–Kier alpha value is -2.04. The topological polar surface area (TPSA) is 131 Å². The standard InChI is InChI=1S/C18H22N2O7/c21-13-12(27-18(26)15(23)14(13)22)8-20-10-5-2-1-4-9(10)16(24)19-7-3-6-11(19)17(20)25/h1-2,4-5,11-15,18,21-23,26H,3,6-8H2/t11-,12+,13-,14-,15+,18?/m0/s1. The molecule has 0 spiro atoms. The van der Waals surface area contributed by atoms with Gasteiger partial charge in [-0.2, -0.15) is 0 Å². The van der Waals surface area contributed by atoms with Crippen LogP contribution in [-0.2, 0) is 9.53 Å². The van der Waals surface area contributed by atoms with Gasteiger partial charge in [0.25, 0.3) is 5.91 Å². The van der Waals surface area contributed by atoms with Gasteiger partial charge in [-0.25, -0.2) is 0 Å². The number of aliphatic hydroxyl groups excluding tert-OH is 4. The molecular formula is C18H22N2O7. The van der Waals surface area contributed by atoms with Gasteiger partial charge < -0.3 is 35.0 Å². The first-order chi connectivity index (χ1) is 12.9. The zero-order chi connectivity index (χ0) is 19.3. The summed E-state index contributed by atoms with van der Waals surface area (Å²) in [5.41, 5.74) is 0.773. The Kier molecular flexibility index (Phi) is 4.65. The molecule has 2 fully saturated rings. The number of carbonyl (C=O) groups is 2. The van der Waals surface area contributed by atoms with Crippen molar-refractivity contribution >= 4 is 17.5 Å². The Morgan fingerprint density at radius 2 is 1.78 bits per heavy atom. The van der Waals surface area contributed by atoms with Gasteiger partial charge in [0, 0.05) is 6.54 Å². The van der Waals surface area contributed by atoms with Crippen molar-refractivity contribution in [1.29, 1.82) is 0 Å². The number of hydrogen-bond acceptors (Lipinski definition) is 7. The Morgan fingerprint density at radius 1 is 1.04 bits per heavy atom. The Labute approximate surface area is 155 Å². The molecule has 9 nitrogen and oxygen atoms in total. The zero-order valence-corrected chi connectivity index (χ0v) is 14.5. The minimum atomic E-state index is -1.68. The molecule has 3 heterocycles. The van der Waals surface area contributed by atoms with Crippen LogP contribution in [0, 0.1) is 0 Å². The van der Waals surface area contributed by atoms with Gasteiger partial charge in [0.2, 0.25) is 5.91 Å². The summed E-state index contributed by atoms with van der Waals surface area (Å²) < 4.78 is 5.23. The van der Waals surface area contributed by atoms with Crippen molar-refractivity contribution in [3.05, 3.63) is 29.8 Å². The lowest BCUT2D eigenvalue weighted by atomic mass is 9.98. The summed E-state index contributed by atoms with van der Waals surface area (Å²) in [4.78, 5) is 29.0. The number of fused-ring (bicyclic) bond motifs is 2. The predicted octanol–water partition coefficient (Wildman–Crippen LogP) is -1.56. The van der Waals surface area contributed by atoms with Crippen LogP contribution < -0.4 is 4.90 Å². The molecule has 0 aliphatic carbocycles. The van der Waals surface area contributed by atoms with Crippen LogP contribution in [-0.4, -0.2) is 87.0 Å². The molecule has 3 aliphatic rings. The fourth-order valence-electron chi connectivity index (χ4n) is 4.06. The van der Waals surface area contributed by atoms with Crippen LogP contribution in [0.25, 0.3) is 0 Å². The molecule has 1 aromatic rings. The SMILES string of the molecule is O=C1[C@@H]2CCCN2C(=O)c2ccccc2N1C[C@H]1OC(O)[C@H](O)[C@@H](O)[C@H]1O. The first-order valence-corrected chi connectivity index (χ1v) is 8.99. The summed E-state index contributed by atoms with van der Waals surface area (Å²) in [6.07, 6.45) is -6.29. The summed E-state index contributed by atoms with van der Waals surface area (Å²) in [5.74, 6) is -0.513. The lowest BCUT2D eigenvalue weighted by Crippen LogP contribution is -2.61. The quantitative estimate of drug-likeness (QED) is 0.489. The van der Waals surface area contributed by atoms with E-state index >= 15 is 0 Å². The number of hydrogen-bond donors (Lipinski definition) is 4. The number of carbonyl (C=O) groups excluding carboxylic acids is 2. The Balaban J connectivity index is 1.69. The summed E-state index contributed by atoms with van der Waals surface area (Å²) in [7, 11) is 0. The third kappa shape index (κ3) is 2.91. The lowest BCUT2D eigenvalue weighted by molar-refractivity contribution is -0.279. The molecule has 2 saturated heterocycles. The number of benzene rings is 1. The molecule has 1 aromatic carbocycles. The van der Waals surface area contributed by atoms with Gasteiger partial charge in [-0.05, 0) is 25.0 Å². The fraction of sp³-hybridized carbons (Fsp3) is 0.556. The van der Waals surface area contributed by atoms with Crippen LogP contribution in [0.1, 0.15) is 23.2 Å². The third-order valence-corrected chi connectivity index (χ3v) is 5.54. The average Bonchev–Trinajstić information content (AvgIpc) is 3.14. The summed E-state index contributed by atoms with van der Waals surface area (Å²) in [6, 6.07) is 6.11. The van der Waals surface area contributed by atoms with Gasteiger partial charge in [0.1, 0.15) is 30.5 Å². The van der Waals surface area contributed by atoms with Crippen LogP contribution in [0.3, 0.4) is 0 Å². The summed E-state index contributed by atoms with van der Waals surface area (Å²) >= 11 is 0. The van der Waals surface area contributed by atoms with Crippen molar-refractivity contribution in [2.75, 3.05) is 18.0 Å². The maximum atomic E-state index is 13.2. The van der Waals surface area contributed by atoms with Crippen molar-refractivity contribution in [3.63, 3.8) is 0 Å². The third-order valence-electron chi connectivity index (χ3n) is 5.54. The van der Waals surface area contributed by atoms with Crippen molar-refractivity contribution < 1.29 is 34.8 Å². The molecule has 27 heavy (non-hydrogen) atoms. The van der Waals surface area contributed by atoms with Gasteiger partial charge in [-0.1, -0.05) is 12.1 Å². The molecule has 9 heteroatoms. The van der Waals surface area contributed by atoms with Gasteiger partial charge >= 0.3 is 0 Å². The molecule has 3 aliphatic heterocycles. The highest BCUT2D eigenvalue weighted by molar-refractivity contribution is 6.11. The first kappa shape index (κ1) is 18.3. The van der Waals surface area contributed by atoms with E-state index in [4.69, 9.17) is 4.74 Å². The van der Waals surface area contributed by atoms with Crippen molar-refractivity contribution in [3.8, 4) is 0 Å². The van der Waals surface area contributed by atoms with E-state index in [1.165, 1.54) is 4.90 Å². The molecular weight excluding hydrogens is 356 g/mol. The number of amides is 2. The Morgan fingerprint density at radius 3 is 2.56 bits per heavy atom. The number of nitrogens with zero attached hydrogens (tertiary/aromatic N) is 2. The minimum Gasteiger partial charge on any atom is -0.388 e. The number of aliphatic hydroxyl groups is 4. The van der Waals surface area contributed by atoms with E-state index in [0.29, 0.717) is 24.2 Å². The molecule has 2 amide bonds. The van der Waals surface area contributed by atoms with Crippen LogP contribution >= 0.6 is 0 Å². The van der Waals surface area contributed by atoms with E-state index in [1.807, 2.05) is 0 Å². The minimum absolute atomic E-state index is 0.171. The number of rotatable bonds is 2. The van der Waals surface area contributed by atoms with Crippen molar-refractivity contribution in [2.24, 2.45) is 0 Å². The van der Waals surface area contributed by atoms with Crippen LogP contribution in [0.15, 0.2) is 24.3 Å². The van der Waals surface area contributed by atoms with E-state index in [0.717, 1.165) is 6.42 Å². The monoisotopic (exact) mass is 378 g/mol. The van der Waals surface area contributed by atoms with Gasteiger partial charge in [0.05, 0.1) is 17.8 Å².